The normalized spacial score (nSPS) is 11.8. The number of para-hydroxylation sites is 2. The number of aromatic nitrogens is 1. The molecular formula is C26H27N3O2. The number of carbonyl (C=O) groups is 1. The van der Waals surface area contributed by atoms with Crippen LogP contribution in [0.3, 0.4) is 0 Å². The fourth-order valence-electron chi connectivity index (χ4n) is 3.89. The Hall–Kier alpha value is -3.73. The summed E-state index contributed by atoms with van der Waals surface area (Å²) in [7, 11) is 3.59. The predicted molar refractivity (Wildman–Crippen MR) is 126 cm³/mol. The summed E-state index contributed by atoms with van der Waals surface area (Å²) in [6, 6.07) is 26.2. The van der Waals surface area contributed by atoms with Crippen LogP contribution < -0.4 is 15.0 Å². The Morgan fingerprint density at radius 1 is 1.00 bits per heavy atom. The van der Waals surface area contributed by atoms with E-state index in [1.807, 2.05) is 72.7 Å². The summed E-state index contributed by atoms with van der Waals surface area (Å²) in [6.07, 6.45) is 2.04. The maximum atomic E-state index is 12.7. The maximum absolute atomic E-state index is 12.7. The lowest BCUT2D eigenvalue weighted by atomic mass is 9.90. The van der Waals surface area contributed by atoms with Crippen molar-refractivity contribution in [2.45, 2.75) is 5.92 Å². The number of likely N-dealkylation sites (N-methyl/N-ethyl adjacent to an activating group) is 1. The lowest BCUT2D eigenvalue weighted by molar-refractivity contribution is -0.119. The number of fused-ring (bicyclic) bond motifs is 1. The van der Waals surface area contributed by atoms with Crippen molar-refractivity contribution < 1.29 is 9.53 Å². The van der Waals surface area contributed by atoms with Crippen molar-refractivity contribution in [2.24, 2.45) is 0 Å². The summed E-state index contributed by atoms with van der Waals surface area (Å²) in [5.74, 6) is 0.827. The number of hydrogen-bond donors (Lipinski definition) is 2. The average molecular weight is 414 g/mol. The molecule has 4 aromatic rings. The lowest BCUT2D eigenvalue weighted by Crippen LogP contribution is -2.37. The van der Waals surface area contributed by atoms with Crippen LogP contribution in [0.15, 0.2) is 85.1 Å². The minimum absolute atomic E-state index is 0.00953. The molecule has 1 amide bonds. The van der Waals surface area contributed by atoms with Gasteiger partial charge in [0.2, 0.25) is 5.91 Å². The zero-order valence-electron chi connectivity index (χ0n) is 17.8. The van der Waals surface area contributed by atoms with Gasteiger partial charge >= 0.3 is 0 Å². The number of rotatable bonds is 8. The van der Waals surface area contributed by atoms with Gasteiger partial charge < -0.3 is 19.9 Å². The topological polar surface area (TPSA) is 57.4 Å². The van der Waals surface area contributed by atoms with E-state index in [-0.39, 0.29) is 11.8 Å². The molecule has 0 fully saturated rings. The highest BCUT2D eigenvalue weighted by molar-refractivity contribution is 5.85. The second kappa shape index (κ2) is 9.39. The molecule has 1 heterocycles. The summed E-state index contributed by atoms with van der Waals surface area (Å²) in [5.41, 5.74) is 4.40. The van der Waals surface area contributed by atoms with Crippen molar-refractivity contribution in [1.29, 1.82) is 0 Å². The third kappa shape index (κ3) is 4.72. The average Bonchev–Trinajstić information content (AvgIpc) is 3.24. The highest BCUT2D eigenvalue weighted by atomic mass is 16.5. The Morgan fingerprint density at radius 3 is 2.45 bits per heavy atom. The maximum Gasteiger partial charge on any atom is 0.239 e. The van der Waals surface area contributed by atoms with Crippen molar-refractivity contribution in [2.75, 3.05) is 32.1 Å². The van der Waals surface area contributed by atoms with Gasteiger partial charge in [0.25, 0.3) is 0 Å². The minimum Gasteiger partial charge on any atom is -0.497 e. The summed E-state index contributed by atoms with van der Waals surface area (Å²) >= 11 is 0. The number of anilines is 1. The SMILES string of the molecule is COc1ccc([C@H](CNC(=O)CN(C)c2ccccc2)c2c[nH]c3ccccc23)cc1. The highest BCUT2D eigenvalue weighted by Crippen LogP contribution is 2.31. The van der Waals surface area contributed by atoms with E-state index in [4.69, 9.17) is 4.74 Å². The zero-order valence-corrected chi connectivity index (χ0v) is 17.8. The van der Waals surface area contributed by atoms with Gasteiger partial charge in [-0.25, -0.2) is 0 Å². The van der Waals surface area contributed by atoms with Crippen LogP contribution in [0.5, 0.6) is 5.75 Å². The van der Waals surface area contributed by atoms with Crippen molar-refractivity contribution in [3.05, 3.63) is 96.2 Å². The number of hydrogen-bond acceptors (Lipinski definition) is 3. The Balaban J connectivity index is 1.54. The van der Waals surface area contributed by atoms with Crippen LogP contribution in [0.25, 0.3) is 10.9 Å². The second-order valence-electron chi connectivity index (χ2n) is 7.61. The molecule has 1 atom stereocenters. The molecule has 0 aliphatic rings. The largest absolute Gasteiger partial charge is 0.497 e. The number of nitrogens with zero attached hydrogens (tertiary/aromatic N) is 1. The van der Waals surface area contributed by atoms with Crippen LogP contribution >= 0.6 is 0 Å². The molecule has 5 heteroatoms. The number of ether oxygens (including phenoxy) is 1. The number of carbonyl (C=O) groups excluding carboxylic acids is 1. The predicted octanol–water partition coefficient (Wildman–Crippen LogP) is 4.56. The van der Waals surface area contributed by atoms with Gasteiger partial charge in [0.15, 0.2) is 0 Å². The van der Waals surface area contributed by atoms with E-state index < -0.39 is 0 Å². The number of benzene rings is 3. The first kappa shape index (κ1) is 20.5. The first-order valence-electron chi connectivity index (χ1n) is 10.4. The van der Waals surface area contributed by atoms with E-state index in [1.54, 1.807) is 7.11 Å². The standard InChI is InChI=1S/C26H27N3O2/c1-29(20-8-4-3-5-9-20)18-26(30)28-16-23(19-12-14-21(31-2)15-13-19)24-17-27-25-11-7-6-10-22(24)25/h3-15,17,23,27H,16,18H2,1-2H3,(H,28,30)/t23-/m0/s1. The zero-order chi connectivity index (χ0) is 21.6. The molecule has 1 aromatic heterocycles. The smallest absolute Gasteiger partial charge is 0.239 e. The molecule has 3 aromatic carbocycles. The third-order valence-corrected chi connectivity index (χ3v) is 5.60. The van der Waals surface area contributed by atoms with Gasteiger partial charge in [-0.2, -0.15) is 0 Å². The molecule has 2 N–H and O–H groups in total. The van der Waals surface area contributed by atoms with E-state index in [9.17, 15) is 4.79 Å². The second-order valence-corrected chi connectivity index (χ2v) is 7.61. The van der Waals surface area contributed by atoms with Crippen molar-refractivity contribution >= 4 is 22.5 Å². The van der Waals surface area contributed by atoms with Gasteiger partial charge in [0, 0.05) is 42.3 Å². The van der Waals surface area contributed by atoms with Gasteiger partial charge in [-0.15, -0.1) is 0 Å². The minimum atomic E-state index is -0.00953. The van der Waals surface area contributed by atoms with Gasteiger partial charge in [-0.05, 0) is 41.5 Å². The fourth-order valence-corrected chi connectivity index (χ4v) is 3.89. The summed E-state index contributed by atoms with van der Waals surface area (Å²) < 4.78 is 5.31. The first-order valence-corrected chi connectivity index (χ1v) is 10.4. The number of methoxy groups -OCH3 is 1. The molecule has 0 aliphatic carbocycles. The molecule has 0 radical (unpaired) electrons. The van der Waals surface area contributed by atoms with Crippen LogP contribution in [0, 0.1) is 0 Å². The van der Waals surface area contributed by atoms with Gasteiger partial charge in [-0.1, -0.05) is 48.5 Å². The molecule has 0 saturated heterocycles. The Labute approximate surface area is 182 Å². The van der Waals surface area contributed by atoms with Gasteiger partial charge in [0.1, 0.15) is 5.75 Å². The number of amides is 1. The van der Waals surface area contributed by atoms with Crippen LogP contribution in [0.1, 0.15) is 17.0 Å². The Bertz CT molecular complexity index is 1140. The molecule has 0 spiro atoms. The lowest BCUT2D eigenvalue weighted by Gasteiger charge is -2.21. The summed E-state index contributed by atoms with van der Waals surface area (Å²) in [5, 5.41) is 4.30. The number of H-pyrrole nitrogens is 1. The van der Waals surface area contributed by atoms with E-state index in [2.05, 4.69) is 34.6 Å². The van der Waals surface area contributed by atoms with Crippen molar-refractivity contribution in [1.82, 2.24) is 10.3 Å². The van der Waals surface area contributed by atoms with Gasteiger partial charge in [0.05, 0.1) is 13.7 Å². The molecule has 31 heavy (non-hydrogen) atoms. The van der Waals surface area contributed by atoms with Crippen molar-refractivity contribution in [3.63, 3.8) is 0 Å². The monoisotopic (exact) mass is 413 g/mol. The molecule has 0 saturated carbocycles. The van der Waals surface area contributed by atoms with Crippen LogP contribution in [0.2, 0.25) is 0 Å². The molecule has 5 nitrogen and oxygen atoms in total. The van der Waals surface area contributed by atoms with E-state index in [0.29, 0.717) is 13.1 Å². The van der Waals surface area contributed by atoms with Crippen molar-refractivity contribution in [3.8, 4) is 5.75 Å². The van der Waals surface area contributed by atoms with Crippen LogP contribution in [-0.2, 0) is 4.79 Å². The van der Waals surface area contributed by atoms with Gasteiger partial charge in [-0.3, -0.25) is 4.79 Å². The summed E-state index contributed by atoms with van der Waals surface area (Å²) in [4.78, 5) is 18.0. The molecule has 4 rings (SSSR count). The highest BCUT2D eigenvalue weighted by Gasteiger charge is 2.19. The Kier molecular flexibility index (Phi) is 6.22. The molecule has 0 aliphatic heterocycles. The number of aromatic amines is 1. The van der Waals surface area contributed by atoms with E-state index in [0.717, 1.165) is 28.1 Å². The molecule has 0 unspecified atom stereocenters. The third-order valence-electron chi connectivity index (χ3n) is 5.60. The van der Waals surface area contributed by atoms with E-state index in [1.165, 1.54) is 5.39 Å². The first-order chi connectivity index (χ1) is 15.2. The van der Waals surface area contributed by atoms with Crippen LogP contribution in [0.4, 0.5) is 5.69 Å². The quantitative estimate of drug-likeness (QED) is 0.445. The Morgan fingerprint density at radius 2 is 1.71 bits per heavy atom. The van der Waals surface area contributed by atoms with E-state index >= 15 is 0 Å². The summed E-state index contributed by atoms with van der Waals surface area (Å²) in [6.45, 7) is 0.808. The fraction of sp³-hybridized carbons (Fsp3) is 0.192. The molecule has 158 valence electrons. The van der Waals surface area contributed by atoms with Crippen LogP contribution in [-0.4, -0.2) is 38.1 Å². The molecule has 0 bridgehead atoms. The number of nitrogens with one attached hydrogen (secondary N) is 2. The molecular weight excluding hydrogens is 386 g/mol.